The number of guanidine groups is 1. The van der Waals surface area contributed by atoms with Gasteiger partial charge < -0.3 is 20.3 Å². The number of hydrogen-bond donors (Lipinski definition) is 2. The Hall–Kier alpha value is -1.11. The van der Waals surface area contributed by atoms with Crippen LogP contribution in [0.4, 0.5) is 0 Å². The van der Waals surface area contributed by atoms with E-state index in [4.69, 9.17) is 4.74 Å². The molecule has 6 heteroatoms. The third-order valence-electron chi connectivity index (χ3n) is 4.50. The predicted molar refractivity (Wildman–Crippen MR) is 93.7 cm³/mol. The maximum Gasteiger partial charge on any atom is 0.191 e. The lowest BCUT2D eigenvalue weighted by atomic mass is 9.88. The summed E-state index contributed by atoms with van der Waals surface area (Å²) in [6, 6.07) is 4.49. The minimum absolute atomic E-state index is 0.141. The second-order valence-corrected chi connectivity index (χ2v) is 7.02. The Morgan fingerprint density at radius 3 is 2.73 bits per heavy atom. The Balaban J connectivity index is 1.92. The summed E-state index contributed by atoms with van der Waals surface area (Å²) in [7, 11) is 6.12. The number of nitrogens with one attached hydrogen (secondary N) is 2. The molecular formula is C16H28N4OS. The van der Waals surface area contributed by atoms with Gasteiger partial charge >= 0.3 is 0 Å². The van der Waals surface area contributed by atoms with E-state index < -0.39 is 0 Å². The highest BCUT2D eigenvalue weighted by Gasteiger charge is 2.34. The highest BCUT2D eigenvalue weighted by Crippen LogP contribution is 2.25. The summed E-state index contributed by atoms with van der Waals surface area (Å²) in [5.74, 6) is 0.855. The predicted octanol–water partition coefficient (Wildman–Crippen LogP) is 2.08. The van der Waals surface area contributed by atoms with Crippen molar-refractivity contribution in [3.05, 3.63) is 22.4 Å². The van der Waals surface area contributed by atoms with Gasteiger partial charge in [-0.1, -0.05) is 6.07 Å². The topological polar surface area (TPSA) is 48.9 Å². The largest absolute Gasteiger partial charge is 0.381 e. The number of nitrogens with zero attached hydrogens (tertiary/aromatic N) is 2. The maximum absolute atomic E-state index is 5.52. The minimum atomic E-state index is 0.141. The third-order valence-corrected chi connectivity index (χ3v) is 5.56. The molecule has 0 aliphatic carbocycles. The molecule has 0 radical (unpaired) electrons. The summed E-state index contributed by atoms with van der Waals surface area (Å²) >= 11 is 1.76. The van der Waals surface area contributed by atoms with Crippen LogP contribution >= 0.6 is 11.3 Å². The van der Waals surface area contributed by atoms with Crippen LogP contribution in [0.25, 0.3) is 0 Å². The summed E-state index contributed by atoms with van der Waals surface area (Å²) in [4.78, 5) is 8.00. The van der Waals surface area contributed by atoms with Crippen LogP contribution in [0.3, 0.4) is 0 Å². The van der Waals surface area contributed by atoms with Gasteiger partial charge in [-0.3, -0.25) is 4.99 Å². The van der Waals surface area contributed by atoms with Crippen molar-refractivity contribution >= 4 is 17.3 Å². The summed E-state index contributed by atoms with van der Waals surface area (Å²) in [6.07, 6.45) is 2.09. The maximum atomic E-state index is 5.52. The smallest absolute Gasteiger partial charge is 0.191 e. The molecule has 1 aromatic rings. The number of aliphatic imine (C=N–C) groups is 1. The zero-order valence-corrected chi connectivity index (χ0v) is 14.9. The number of hydrogen-bond acceptors (Lipinski definition) is 4. The Labute approximate surface area is 137 Å². The van der Waals surface area contributed by atoms with E-state index in [2.05, 4.69) is 59.1 Å². The lowest BCUT2D eigenvalue weighted by Gasteiger charge is -2.43. The minimum Gasteiger partial charge on any atom is -0.381 e. The Kier molecular flexibility index (Phi) is 6.23. The molecule has 1 aliphatic heterocycles. The van der Waals surface area contributed by atoms with Gasteiger partial charge in [0.25, 0.3) is 0 Å². The van der Waals surface area contributed by atoms with E-state index >= 15 is 0 Å². The molecule has 2 N–H and O–H groups in total. The van der Waals surface area contributed by atoms with E-state index in [0.29, 0.717) is 0 Å². The molecule has 5 nitrogen and oxygen atoms in total. The van der Waals surface area contributed by atoms with Crippen LogP contribution < -0.4 is 10.6 Å². The van der Waals surface area contributed by atoms with Crippen LogP contribution in [0.2, 0.25) is 0 Å². The van der Waals surface area contributed by atoms with Gasteiger partial charge in [0.05, 0.1) is 6.04 Å². The van der Waals surface area contributed by atoms with E-state index in [1.54, 1.807) is 11.3 Å². The first-order chi connectivity index (χ1) is 10.6. The molecule has 1 aromatic heterocycles. The van der Waals surface area contributed by atoms with Crippen molar-refractivity contribution < 1.29 is 4.74 Å². The number of thiophene rings is 1. The lowest BCUT2D eigenvalue weighted by Crippen LogP contribution is -2.57. The van der Waals surface area contributed by atoms with Crippen LogP contribution in [-0.2, 0) is 4.74 Å². The van der Waals surface area contributed by atoms with Crippen LogP contribution in [0, 0.1) is 0 Å². The van der Waals surface area contributed by atoms with Crippen molar-refractivity contribution in [2.75, 3.05) is 40.9 Å². The van der Waals surface area contributed by atoms with E-state index in [1.165, 1.54) is 4.88 Å². The molecule has 124 valence electrons. The first kappa shape index (κ1) is 17.2. The van der Waals surface area contributed by atoms with Crippen LogP contribution in [0.15, 0.2) is 22.5 Å². The first-order valence-corrected chi connectivity index (χ1v) is 8.71. The second kappa shape index (κ2) is 7.94. The molecule has 0 spiro atoms. The second-order valence-electron chi connectivity index (χ2n) is 6.04. The highest BCUT2D eigenvalue weighted by atomic mass is 32.1. The van der Waals surface area contributed by atoms with Crippen LogP contribution in [0.1, 0.15) is 30.7 Å². The fourth-order valence-corrected chi connectivity index (χ4v) is 3.52. The van der Waals surface area contributed by atoms with Gasteiger partial charge in [-0.25, -0.2) is 0 Å². The monoisotopic (exact) mass is 324 g/mol. The average Bonchev–Trinajstić information content (AvgIpc) is 3.06. The molecule has 1 fully saturated rings. The normalized spacial score (nSPS) is 20.0. The standard InChI is InChI=1S/C16H28N4OS/c1-13(14-6-5-11-22-14)19-15(17-2)18-12-16(20(3)4)7-9-21-10-8-16/h5-6,11,13H,7-10,12H2,1-4H3,(H2,17,18,19). The quantitative estimate of drug-likeness (QED) is 0.643. The van der Waals surface area contributed by atoms with Crippen molar-refractivity contribution in [1.82, 2.24) is 15.5 Å². The number of rotatable bonds is 5. The van der Waals surface area contributed by atoms with Crippen molar-refractivity contribution in [3.8, 4) is 0 Å². The Bertz CT molecular complexity index is 467. The third kappa shape index (κ3) is 4.21. The summed E-state index contributed by atoms with van der Waals surface area (Å²) in [6.45, 7) is 4.70. The molecule has 0 amide bonds. The number of likely N-dealkylation sites (N-methyl/N-ethyl adjacent to an activating group) is 1. The Morgan fingerprint density at radius 2 is 2.18 bits per heavy atom. The average molecular weight is 324 g/mol. The fourth-order valence-electron chi connectivity index (χ4n) is 2.79. The molecule has 0 saturated carbocycles. The van der Waals surface area contributed by atoms with Gasteiger partial charge in [0.2, 0.25) is 0 Å². The molecular weight excluding hydrogens is 296 g/mol. The molecule has 22 heavy (non-hydrogen) atoms. The van der Waals surface area contributed by atoms with Crippen LogP contribution in [0.5, 0.6) is 0 Å². The van der Waals surface area contributed by atoms with Gasteiger partial charge in [-0.2, -0.15) is 0 Å². The molecule has 2 heterocycles. The van der Waals surface area contributed by atoms with Gasteiger partial charge in [0, 0.05) is 37.2 Å². The molecule has 1 aliphatic rings. The van der Waals surface area contributed by atoms with Crippen LogP contribution in [-0.4, -0.2) is 57.3 Å². The fraction of sp³-hybridized carbons (Fsp3) is 0.688. The summed E-state index contributed by atoms with van der Waals surface area (Å²) < 4.78 is 5.52. The van der Waals surface area contributed by atoms with Crippen molar-refractivity contribution in [3.63, 3.8) is 0 Å². The zero-order valence-electron chi connectivity index (χ0n) is 14.1. The number of ether oxygens (including phenoxy) is 1. The zero-order chi connectivity index (χ0) is 16.0. The van der Waals surface area contributed by atoms with Crippen molar-refractivity contribution in [1.29, 1.82) is 0 Å². The van der Waals surface area contributed by atoms with E-state index in [-0.39, 0.29) is 11.6 Å². The molecule has 2 rings (SSSR count). The van der Waals surface area contributed by atoms with E-state index in [1.807, 2.05) is 7.05 Å². The van der Waals surface area contributed by atoms with Gasteiger partial charge in [0.15, 0.2) is 5.96 Å². The molecule has 0 aromatic carbocycles. The van der Waals surface area contributed by atoms with Gasteiger partial charge in [-0.05, 0) is 45.3 Å². The highest BCUT2D eigenvalue weighted by molar-refractivity contribution is 7.10. The molecule has 1 unspecified atom stereocenters. The lowest BCUT2D eigenvalue weighted by molar-refractivity contribution is -0.00502. The molecule has 0 bridgehead atoms. The summed E-state index contributed by atoms with van der Waals surface area (Å²) in [5, 5.41) is 9.07. The van der Waals surface area contributed by atoms with Crippen molar-refractivity contribution in [2.45, 2.75) is 31.3 Å². The summed E-state index contributed by atoms with van der Waals surface area (Å²) in [5.41, 5.74) is 0.141. The van der Waals surface area contributed by atoms with Gasteiger partial charge in [-0.15, -0.1) is 11.3 Å². The molecule has 1 atom stereocenters. The van der Waals surface area contributed by atoms with Gasteiger partial charge in [0.1, 0.15) is 0 Å². The first-order valence-electron chi connectivity index (χ1n) is 7.83. The Morgan fingerprint density at radius 1 is 1.45 bits per heavy atom. The van der Waals surface area contributed by atoms with E-state index in [0.717, 1.165) is 38.6 Å². The van der Waals surface area contributed by atoms with Crippen molar-refractivity contribution in [2.24, 2.45) is 4.99 Å². The van der Waals surface area contributed by atoms with E-state index in [9.17, 15) is 0 Å². The molecule has 1 saturated heterocycles. The SMILES string of the molecule is CN=C(NCC1(N(C)C)CCOCC1)NC(C)c1cccs1.